The molecule has 1 aliphatic rings. The van der Waals surface area contributed by atoms with Crippen LogP contribution in [0.15, 0.2) is 102 Å². The van der Waals surface area contributed by atoms with E-state index in [0.29, 0.717) is 29.8 Å². The van der Waals surface area contributed by atoms with Gasteiger partial charge in [-0.2, -0.15) is 0 Å². The Morgan fingerprint density at radius 2 is 1.44 bits per heavy atom. The molecule has 0 radical (unpaired) electrons. The van der Waals surface area contributed by atoms with E-state index in [1.165, 1.54) is 0 Å². The monoisotopic (exact) mass is 513 g/mol. The predicted molar refractivity (Wildman–Crippen MR) is 149 cm³/mol. The maximum Gasteiger partial charge on any atom is 0.165 e. The zero-order valence-corrected chi connectivity index (χ0v) is 21.2. The molecule has 0 N–H and O–H groups in total. The van der Waals surface area contributed by atoms with Gasteiger partial charge in [0, 0.05) is 27.7 Å². The van der Waals surface area contributed by atoms with Gasteiger partial charge >= 0.3 is 0 Å². The van der Waals surface area contributed by atoms with Crippen LogP contribution in [0.2, 0.25) is 10.0 Å². The first-order chi connectivity index (χ1) is 17.7. The van der Waals surface area contributed by atoms with Gasteiger partial charge in [0.05, 0.1) is 5.71 Å². The molecular weight excluding hydrogens is 489 g/mol. The Bertz CT molecular complexity index is 1400. The summed E-state index contributed by atoms with van der Waals surface area (Å²) in [5.74, 6) is 1.51. The predicted octanol–water partition coefficient (Wildman–Crippen LogP) is 8.21. The molecule has 0 atom stereocenters. The van der Waals surface area contributed by atoms with Gasteiger partial charge < -0.3 is 9.47 Å². The summed E-state index contributed by atoms with van der Waals surface area (Å²) in [6, 6.07) is 29.8. The lowest BCUT2D eigenvalue weighted by molar-refractivity contribution is 0.253. The first kappa shape index (κ1) is 24.2. The molecule has 1 aliphatic heterocycles. The second kappa shape index (κ2) is 11.5. The molecule has 36 heavy (non-hydrogen) atoms. The Balaban J connectivity index is 1.45. The minimum atomic E-state index is 0.460. The minimum absolute atomic E-state index is 0.460. The summed E-state index contributed by atoms with van der Waals surface area (Å²) in [6.07, 6.45) is 4.75. The van der Waals surface area contributed by atoms with Crippen molar-refractivity contribution in [3.8, 4) is 11.5 Å². The average Bonchev–Trinajstić information content (AvgIpc) is 2.91. The highest BCUT2D eigenvalue weighted by atomic mass is 35.5. The van der Waals surface area contributed by atoms with E-state index < -0.39 is 0 Å². The van der Waals surface area contributed by atoms with E-state index in [-0.39, 0.29) is 0 Å². The van der Waals surface area contributed by atoms with Crippen molar-refractivity contribution in [1.29, 1.82) is 0 Å². The van der Waals surface area contributed by atoms with E-state index in [0.717, 1.165) is 51.4 Å². The number of rotatable bonds is 8. The number of aliphatic imine (C=N–C) groups is 1. The maximum absolute atomic E-state index is 6.41. The molecule has 0 amide bonds. The Kier molecular flexibility index (Phi) is 7.70. The third-order valence-corrected chi connectivity index (χ3v) is 6.55. The molecule has 0 unspecified atom stereocenters. The van der Waals surface area contributed by atoms with Crippen molar-refractivity contribution < 1.29 is 9.47 Å². The van der Waals surface area contributed by atoms with Crippen LogP contribution in [0.1, 0.15) is 27.8 Å². The average molecular weight is 514 g/mol. The molecule has 0 saturated carbocycles. The number of nitrogens with zero attached hydrogens (tertiary/aromatic N) is 1. The lowest BCUT2D eigenvalue weighted by atomic mass is 9.95. The number of benzene rings is 4. The van der Waals surface area contributed by atoms with E-state index in [2.05, 4.69) is 30.3 Å². The molecule has 0 fully saturated rings. The lowest BCUT2D eigenvalue weighted by Crippen LogP contribution is -2.14. The highest BCUT2D eigenvalue weighted by Crippen LogP contribution is 2.37. The van der Waals surface area contributed by atoms with Crippen LogP contribution in [0.25, 0.3) is 6.08 Å². The normalized spacial score (nSPS) is 12.8. The minimum Gasteiger partial charge on any atom is -0.485 e. The van der Waals surface area contributed by atoms with Gasteiger partial charge in [-0.05, 0) is 53.5 Å². The molecule has 1 heterocycles. The van der Waals surface area contributed by atoms with Crippen molar-refractivity contribution >= 4 is 35.0 Å². The van der Waals surface area contributed by atoms with Gasteiger partial charge in [-0.1, -0.05) is 96.0 Å². The third kappa shape index (κ3) is 5.81. The topological polar surface area (TPSA) is 30.8 Å². The summed E-state index contributed by atoms with van der Waals surface area (Å²) in [6.45, 7) is 1.60. The highest BCUT2D eigenvalue weighted by Gasteiger charge is 2.21. The van der Waals surface area contributed by atoms with Crippen LogP contribution < -0.4 is 9.47 Å². The van der Waals surface area contributed by atoms with Gasteiger partial charge in [0.1, 0.15) is 13.2 Å². The van der Waals surface area contributed by atoms with E-state index in [4.69, 9.17) is 37.7 Å². The largest absolute Gasteiger partial charge is 0.485 e. The molecule has 0 spiro atoms. The van der Waals surface area contributed by atoms with Crippen molar-refractivity contribution in [2.24, 2.45) is 4.99 Å². The zero-order chi connectivity index (χ0) is 24.7. The summed E-state index contributed by atoms with van der Waals surface area (Å²) in [7, 11) is 0. The summed E-state index contributed by atoms with van der Waals surface area (Å²) >= 11 is 12.4. The molecule has 0 bridgehead atoms. The van der Waals surface area contributed by atoms with E-state index in [9.17, 15) is 0 Å². The van der Waals surface area contributed by atoms with Gasteiger partial charge in [-0.3, -0.25) is 4.99 Å². The fraction of sp³-hybridized carbons (Fsp3) is 0.129. The lowest BCUT2D eigenvalue weighted by Gasteiger charge is -2.22. The van der Waals surface area contributed by atoms with Crippen LogP contribution in [0.4, 0.5) is 0 Å². The number of ether oxygens (including phenoxy) is 2. The molecule has 5 rings (SSSR count). The van der Waals surface area contributed by atoms with Gasteiger partial charge in [0.15, 0.2) is 11.5 Å². The SMILES string of the molecule is Clc1ccc(C=CC2=NCCc3c2ccc(OCc2ccccc2)c3OCc2ccccc2)c(Cl)c1. The second-order valence-electron chi connectivity index (χ2n) is 8.48. The summed E-state index contributed by atoms with van der Waals surface area (Å²) in [4.78, 5) is 4.78. The van der Waals surface area contributed by atoms with Crippen LogP contribution in [-0.2, 0) is 19.6 Å². The van der Waals surface area contributed by atoms with Gasteiger partial charge in [0.25, 0.3) is 0 Å². The van der Waals surface area contributed by atoms with Crippen molar-refractivity contribution in [3.63, 3.8) is 0 Å². The van der Waals surface area contributed by atoms with Gasteiger partial charge in [-0.15, -0.1) is 0 Å². The molecule has 0 aliphatic carbocycles. The van der Waals surface area contributed by atoms with E-state index in [1.807, 2.05) is 66.7 Å². The fourth-order valence-corrected chi connectivity index (χ4v) is 4.62. The summed E-state index contributed by atoms with van der Waals surface area (Å²) in [5.41, 5.74) is 6.13. The first-order valence-electron chi connectivity index (χ1n) is 11.8. The van der Waals surface area contributed by atoms with Crippen molar-refractivity contribution in [2.75, 3.05) is 6.54 Å². The number of hydrogen-bond donors (Lipinski definition) is 0. The number of fused-ring (bicyclic) bond motifs is 1. The van der Waals surface area contributed by atoms with Gasteiger partial charge in [0.2, 0.25) is 0 Å². The number of hydrogen-bond acceptors (Lipinski definition) is 3. The van der Waals surface area contributed by atoms with Crippen LogP contribution in [0.3, 0.4) is 0 Å². The van der Waals surface area contributed by atoms with Gasteiger partial charge in [-0.25, -0.2) is 0 Å². The molecule has 0 saturated heterocycles. The van der Waals surface area contributed by atoms with E-state index >= 15 is 0 Å². The molecule has 5 heteroatoms. The van der Waals surface area contributed by atoms with E-state index in [1.54, 1.807) is 6.07 Å². The van der Waals surface area contributed by atoms with Crippen LogP contribution >= 0.6 is 23.2 Å². The van der Waals surface area contributed by atoms with Crippen LogP contribution in [-0.4, -0.2) is 12.3 Å². The quantitative estimate of drug-likeness (QED) is 0.237. The smallest absolute Gasteiger partial charge is 0.165 e. The molecule has 4 aromatic carbocycles. The van der Waals surface area contributed by atoms with Crippen molar-refractivity contribution in [3.05, 3.63) is 135 Å². The Morgan fingerprint density at radius 3 is 2.14 bits per heavy atom. The highest BCUT2D eigenvalue weighted by molar-refractivity contribution is 6.35. The summed E-state index contributed by atoms with van der Waals surface area (Å²) in [5, 5.41) is 1.22. The molecule has 180 valence electrons. The molecule has 3 nitrogen and oxygen atoms in total. The Labute approximate surface area is 221 Å². The third-order valence-electron chi connectivity index (χ3n) is 5.99. The summed E-state index contributed by atoms with van der Waals surface area (Å²) < 4.78 is 12.7. The van der Waals surface area contributed by atoms with Crippen molar-refractivity contribution in [1.82, 2.24) is 0 Å². The Hall–Kier alpha value is -3.53. The maximum atomic E-state index is 6.41. The van der Waals surface area contributed by atoms with Crippen LogP contribution in [0, 0.1) is 0 Å². The number of allylic oxidation sites excluding steroid dienone is 1. The zero-order valence-electron chi connectivity index (χ0n) is 19.7. The Morgan fingerprint density at radius 1 is 0.750 bits per heavy atom. The molecule has 0 aromatic heterocycles. The van der Waals surface area contributed by atoms with Crippen molar-refractivity contribution in [2.45, 2.75) is 19.6 Å². The second-order valence-corrected chi connectivity index (χ2v) is 9.33. The molecule has 4 aromatic rings. The first-order valence-corrected chi connectivity index (χ1v) is 12.6. The molecular formula is C31H25Cl2NO2. The number of halogens is 2. The standard InChI is InChI=1S/C31H25Cl2NO2/c32-25-13-11-24(28(33)19-25)12-15-29-26-14-16-30(35-20-22-7-3-1-4-8-22)31(27(26)17-18-34-29)36-21-23-9-5-2-6-10-23/h1-16,19H,17-18,20-21H2. The van der Waals surface area contributed by atoms with Crippen LogP contribution in [0.5, 0.6) is 11.5 Å². The fourth-order valence-electron chi connectivity index (χ4n) is 4.15.